The molecule has 0 fully saturated rings. The number of hydrogen-bond donors (Lipinski definition) is 1. The number of nitrogens with one attached hydrogen (secondary N) is 1. The van der Waals surface area contributed by atoms with Gasteiger partial charge in [0.25, 0.3) is 0 Å². The summed E-state index contributed by atoms with van der Waals surface area (Å²) < 4.78 is 12.2. The predicted molar refractivity (Wildman–Crippen MR) is 136 cm³/mol. The second-order valence-electron chi connectivity index (χ2n) is 7.33. The number of allylic oxidation sites excluding steroid dienone is 1. The molecule has 0 amide bonds. The van der Waals surface area contributed by atoms with E-state index >= 15 is 0 Å². The summed E-state index contributed by atoms with van der Waals surface area (Å²) in [6, 6.07) is 17.0. The van der Waals surface area contributed by atoms with E-state index in [-0.39, 0.29) is 6.61 Å². The van der Waals surface area contributed by atoms with Crippen molar-refractivity contribution in [1.29, 1.82) is 5.26 Å². The lowest BCUT2D eigenvalue weighted by molar-refractivity contribution is 0.282. The lowest BCUT2D eigenvalue weighted by Gasteiger charge is -2.14. The van der Waals surface area contributed by atoms with Crippen LogP contribution in [0.2, 0.25) is 10.0 Å². The molecule has 4 rings (SSSR count). The van der Waals surface area contributed by atoms with Crippen LogP contribution in [0.1, 0.15) is 22.5 Å². The maximum absolute atomic E-state index is 9.76. The zero-order valence-corrected chi connectivity index (χ0v) is 20.8. The summed E-state index contributed by atoms with van der Waals surface area (Å²) in [6.45, 7) is 2.25. The maximum atomic E-state index is 9.76. The van der Waals surface area contributed by atoms with Gasteiger partial charge < -0.3 is 14.5 Å². The topological polar surface area (TPSA) is 70.9 Å². The summed E-state index contributed by atoms with van der Waals surface area (Å²) in [4.78, 5) is 7.76. The quantitative estimate of drug-likeness (QED) is 0.255. The molecule has 1 heterocycles. The summed E-state index contributed by atoms with van der Waals surface area (Å²) >= 11 is 15.8. The van der Waals surface area contributed by atoms with Crippen LogP contribution >= 0.6 is 39.1 Å². The maximum Gasteiger partial charge on any atom is 0.175 e. The highest BCUT2D eigenvalue weighted by molar-refractivity contribution is 9.10. The molecule has 0 bridgehead atoms. The van der Waals surface area contributed by atoms with Gasteiger partial charge in [-0.3, -0.25) is 0 Å². The van der Waals surface area contributed by atoms with Gasteiger partial charge >= 0.3 is 0 Å². The Labute approximate surface area is 209 Å². The van der Waals surface area contributed by atoms with Crippen molar-refractivity contribution in [1.82, 2.24) is 9.97 Å². The van der Waals surface area contributed by atoms with Crippen LogP contribution < -0.4 is 9.47 Å². The van der Waals surface area contributed by atoms with Gasteiger partial charge in [0.2, 0.25) is 0 Å². The molecule has 4 aromatic rings. The van der Waals surface area contributed by atoms with Crippen LogP contribution in [0.4, 0.5) is 0 Å². The minimum Gasteiger partial charge on any atom is -0.493 e. The van der Waals surface area contributed by atoms with Gasteiger partial charge in [0.05, 0.1) is 28.2 Å². The number of ether oxygens (including phenoxy) is 2. The number of imidazole rings is 1. The number of halogens is 3. The Bertz CT molecular complexity index is 1420. The van der Waals surface area contributed by atoms with E-state index in [4.69, 9.17) is 32.7 Å². The summed E-state index contributed by atoms with van der Waals surface area (Å²) in [5.41, 5.74) is 4.76. The van der Waals surface area contributed by atoms with Crippen molar-refractivity contribution >= 4 is 61.8 Å². The third-order valence-electron chi connectivity index (χ3n) is 4.96. The van der Waals surface area contributed by atoms with Gasteiger partial charge in [0.15, 0.2) is 11.5 Å². The van der Waals surface area contributed by atoms with Crippen LogP contribution in [-0.2, 0) is 6.61 Å². The molecule has 1 N–H and O–H groups in total. The Kier molecular flexibility index (Phi) is 6.94. The fourth-order valence-corrected chi connectivity index (χ4v) is 4.36. The van der Waals surface area contributed by atoms with Crippen molar-refractivity contribution in [3.63, 3.8) is 0 Å². The molecule has 0 saturated heterocycles. The fraction of sp³-hybridized carbons (Fsp3) is 0.120. The molecule has 0 spiro atoms. The molecule has 0 unspecified atom stereocenters. The summed E-state index contributed by atoms with van der Waals surface area (Å²) in [6.07, 6.45) is 1.75. The Morgan fingerprint density at radius 2 is 2.00 bits per heavy atom. The van der Waals surface area contributed by atoms with Crippen molar-refractivity contribution in [3.8, 4) is 17.6 Å². The zero-order chi connectivity index (χ0) is 23.5. The highest BCUT2D eigenvalue weighted by Crippen LogP contribution is 2.38. The van der Waals surface area contributed by atoms with Crippen molar-refractivity contribution < 1.29 is 9.47 Å². The van der Waals surface area contributed by atoms with E-state index in [0.29, 0.717) is 37.4 Å². The molecule has 3 aromatic carbocycles. The Morgan fingerprint density at radius 3 is 2.73 bits per heavy atom. The van der Waals surface area contributed by atoms with Gasteiger partial charge in [-0.05, 0) is 76.5 Å². The van der Waals surface area contributed by atoms with Gasteiger partial charge in [0, 0.05) is 15.6 Å². The number of aromatic nitrogens is 2. The standard InChI is InChI=1S/C25H18BrCl2N3O2/c1-14-3-6-21-22(7-14)31-25(30-21)17(12-29)8-15-9-19(26)24(23(10-15)32-2)33-13-16-4-5-18(27)11-20(16)28/h3-11H,13H2,1-2H3,(H,30,31)/b17-8-. The first kappa shape index (κ1) is 23.2. The Balaban J connectivity index is 1.64. The number of nitriles is 1. The molecule has 0 aliphatic rings. The molecule has 166 valence electrons. The van der Waals surface area contributed by atoms with Crippen LogP contribution in [0.3, 0.4) is 0 Å². The van der Waals surface area contributed by atoms with E-state index in [9.17, 15) is 5.26 Å². The number of nitrogens with zero attached hydrogens (tertiary/aromatic N) is 2. The summed E-state index contributed by atoms with van der Waals surface area (Å²) in [5, 5.41) is 10.8. The minimum atomic E-state index is 0.238. The number of benzene rings is 3. The highest BCUT2D eigenvalue weighted by Gasteiger charge is 2.14. The SMILES string of the molecule is COc1cc(/C=C(/C#N)c2nc3ccc(C)cc3[nH]2)cc(Br)c1OCc1ccc(Cl)cc1Cl. The normalized spacial score (nSPS) is 11.5. The van der Waals surface area contributed by atoms with Crippen LogP contribution in [0.25, 0.3) is 22.7 Å². The van der Waals surface area contributed by atoms with Crippen LogP contribution in [0.5, 0.6) is 11.5 Å². The summed E-state index contributed by atoms with van der Waals surface area (Å²) in [5.74, 6) is 1.54. The second-order valence-corrected chi connectivity index (χ2v) is 9.03. The molecular weight excluding hydrogens is 525 g/mol. The number of rotatable bonds is 6. The summed E-state index contributed by atoms with van der Waals surface area (Å²) in [7, 11) is 1.56. The third-order valence-corrected chi connectivity index (χ3v) is 6.14. The van der Waals surface area contributed by atoms with Gasteiger partial charge in [-0.2, -0.15) is 5.26 Å². The molecule has 1 aromatic heterocycles. The number of H-pyrrole nitrogens is 1. The van der Waals surface area contributed by atoms with Gasteiger partial charge in [-0.15, -0.1) is 0 Å². The average Bonchev–Trinajstić information content (AvgIpc) is 3.20. The monoisotopic (exact) mass is 541 g/mol. The number of aromatic amines is 1. The molecule has 0 aliphatic heterocycles. The smallest absolute Gasteiger partial charge is 0.175 e. The first-order valence-electron chi connectivity index (χ1n) is 9.90. The van der Waals surface area contributed by atoms with Crippen molar-refractivity contribution in [2.24, 2.45) is 0 Å². The van der Waals surface area contributed by atoms with Crippen molar-refractivity contribution in [3.05, 3.63) is 85.6 Å². The van der Waals surface area contributed by atoms with E-state index in [1.807, 2.05) is 37.3 Å². The lowest BCUT2D eigenvalue weighted by Crippen LogP contribution is -2.00. The molecule has 0 atom stereocenters. The van der Waals surface area contributed by atoms with Crippen molar-refractivity contribution in [2.75, 3.05) is 7.11 Å². The average molecular weight is 543 g/mol. The van der Waals surface area contributed by atoms with Crippen LogP contribution in [-0.4, -0.2) is 17.1 Å². The Hall–Kier alpha value is -2.98. The number of methoxy groups -OCH3 is 1. The zero-order valence-electron chi connectivity index (χ0n) is 17.7. The van der Waals surface area contributed by atoms with E-state index < -0.39 is 0 Å². The molecular formula is C25H18BrCl2N3O2. The molecule has 0 radical (unpaired) electrons. The largest absolute Gasteiger partial charge is 0.493 e. The molecule has 33 heavy (non-hydrogen) atoms. The van der Waals surface area contributed by atoms with E-state index in [2.05, 4.69) is 32.0 Å². The molecule has 0 aliphatic carbocycles. The highest BCUT2D eigenvalue weighted by atomic mass is 79.9. The predicted octanol–water partition coefficient (Wildman–Crippen LogP) is 7.59. The third kappa shape index (κ3) is 5.17. The van der Waals surface area contributed by atoms with Crippen LogP contribution in [0.15, 0.2) is 53.0 Å². The Morgan fingerprint density at radius 1 is 1.18 bits per heavy atom. The van der Waals surface area contributed by atoms with Crippen LogP contribution in [0, 0.1) is 18.3 Å². The first-order valence-corrected chi connectivity index (χ1v) is 11.5. The van der Waals surface area contributed by atoms with E-state index in [0.717, 1.165) is 27.7 Å². The molecule has 8 heteroatoms. The number of aryl methyl sites for hydroxylation is 1. The molecule has 0 saturated carbocycles. The van der Waals surface area contributed by atoms with Crippen molar-refractivity contribution in [2.45, 2.75) is 13.5 Å². The number of fused-ring (bicyclic) bond motifs is 1. The molecule has 5 nitrogen and oxygen atoms in total. The van der Waals surface area contributed by atoms with E-state index in [1.54, 1.807) is 31.4 Å². The second kappa shape index (κ2) is 9.88. The first-order chi connectivity index (χ1) is 15.9. The lowest BCUT2D eigenvalue weighted by atomic mass is 10.1. The van der Waals surface area contributed by atoms with Gasteiger partial charge in [-0.25, -0.2) is 4.98 Å². The van der Waals surface area contributed by atoms with Gasteiger partial charge in [-0.1, -0.05) is 35.3 Å². The minimum absolute atomic E-state index is 0.238. The van der Waals surface area contributed by atoms with Gasteiger partial charge in [0.1, 0.15) is 18.5 Å². The fourth-order valence-electron chi connectivity index (χ4n) is 3.32. The van der Waals surface area contributed by atoms with E-state index in [1.165, 1.54) is 0 Å². The number of hydrogen-bond acceptors (Lipinski definition) is 4.